The fourth-order valence-electron chi connectivity index (χ4n) is 0.894. The second kappa shape index (κ2) is 3.56. The van der Waals surface area contributed by atoms with Crippen LogP contribution in [0.1, 0.15) is 20.8 Å². The van der Waals surface area contributed by atoms with Crippen LogP contribution in [-0.4, -0.2) is 14.4 Å². The average molecular weight is 184 g/mol. The minimum atomic E-state index is -1.40. The van der Waals surface area contributed by atoms with Crippen molar-refractivity contribution < 1.29 is 4.79 Å². The predicted molar refractivity (Wildman–Crippen MR) is 56.9 cm³/mol. The van der Waals surface area contributed by atoms with Gasteiger partial charge in [-0.05, 0) is 10.6 Å². The van der Waals surface area contributed by atoms with Crippen molar-refractivity contribution in [2.24, 2.45) is 5.41 Å². The summed E-state index contributed by atoms with van der Waals surface area (Å²) in [4.78, 5) is 10.8. The number of allylic oxidation sites excluding steroid dienone is 2. The maximum Gasteiger partial charge on any atom is 0.141 e. The highest BCUT2D eigenvalue weighted by Gasteiger charge is 2.21. The van der Waals surface area contributed by atoms with Crippen LogP contribution >= 0.6 is 0 Å². The molecule has 2 heteroatoms. The van der Waals surface area contributed by atoms with Crippen LogP contribution in [-0.2, 0) is 4.79 Å². The normalized spacial score (nSPS) is 14.7. The van der Waals surface area contributed by atoms with Gasteiger partial charge in [0.05, 0.1) is 8.07 Å². The minimum absolute atomic E-state index is 0.122. The summed E-state index contributed by atoms with van der Waals surface area (Å²) in [5.74, 6) is 0. The van der Waals surface area contributed by atoms with Gasteiger partial charge in [0.2, 0.25) is 0 Å². The quantitative estimate of drug-likeness (QED) is 0.366. The highest BCUT2D eigenvalue weighted by atomic mass is 28.3. The maximum absolute atomic E-state index is 10.8. The first-order chi connectivity index (χ1) is 5.17. The molecule has 0 aliphatic heterocycles. The highest BCUT2D eigenvalue weighted by Crippen LogP contribution is 2.21. The van der Waals surface area contributed by atoms with E-state index in [0.29, 0.717) is 0 Å². The van der Waals surface area contributed by atoms with E-state index in [2.05, 4.69) is 46.5 Å². The first kappa shape index (κ1) is 11.6. The zero-order chi connectivity index (χ0) is 9.99. The molecule has 0 saturated heterocycles. The Kier molecular flexibility index (Phi) is 3.45. The Morgan fingerprint density at radius 1 is 1.17 bits per heavy atom. The molecule has 1 nitrogen and oxygen atoms in total. The molecule has 0 aliphatic carbocycles. The van der Waals surface area contributed by atoms with E-state index in [1.807, 2.05) is 0 Å². The van der Waals surface area contributed by atoms with Gasteiger partial charge in [-0.15, -0.1) is 0 Å². The van der Waals surface area contributed by atoms with Crippen molar-refractivity contribution in [2.45, 2.75) is 40.4 Å². The molecule has 0 atom stereocenters. The number of hydrogen-bond acceptors (Lipinski definition) is 1. The molecule has 0 fully saturated rings. The van der Waals surface area contributed by atoms with E-state index in [-0.39, 0.29) is 5.41 Å². The lowest BCUT2D eigenvalue weighted by atomic mass is 9.96. The third-order valence-corrected chi connectivity index (χ3v) is 3.58. The molecule has 0 radical (unpaired) electrons. The number of carbonyl (C=O) groups is 1. The van der Waals surface area contributed by atoms with Crippen LogP contribution in [0.25, 0.3) is 0 Å². The summed E-state index contributed by atoms with van der Waals surface area (Å²) in [5.41, 5.74) is 0.122. The van der Waals surface area contributed by atoms with Crippen LogP contribution in [0.2, 0.25) is 19.6 Å². The second-order valence-electron chi connectivity index (χ2n) is 5.33. The summed E-state index contributed by atoms with van der Waals surface area (Å²) >= 11 is 0. The molecule has 0 spiro atoms. The summed E-state index contributed by atoms with van der Waals surface area (Å²) < 4.78 is 0. The predicted octanol–water partition coefficient (Wildman–Crippen LogP) is 3.04. The summed E-state index contributed by atoms with van der Waals surface area (Å²) in [6, 6.07) is 0. The monoisotopic (exact) mass is 184 g/mol. The molecular weight excluding hydrogens is 164 g/mol. The Hall–Kier alpha value is -0.373. The Morgan fingerprint density at radius 3 is 1.67 bits per heavy atom. The van der Waals surface area contributed by atoms with Crippen molar-refractivity contribution in [3.63, 3.8) is 0 Å². The number of carbonyl (C=O) groups excluding carboxylic acids is 1. The van der Waals surface area contributed by atoms with Crippen LogP contribution in [0.3, 0.4) is 0 Å². The third-order valence-electron chi connectivity index (χ3n) is 1.58. The van der Waals surface area contributed by atoms with Crippen molar-refractivity contribution in [1.82, 2.24) is 0 Å². The van der Waals surface area contributed by atoms with Gasteiger partial charge in [-0.3, -0.25) is 4.79 Å². The van der Waals surface area contributed by atoms with Gasteiger partial charge in [-0.1, -0.05) is 46.5 Å². The summed E-state index contributed by atoms with van der Waals surface area (Å²) in [5, 5.41) is 1.02. The van der Waals surface area contributed by atoms with Crippen molar-refractivity contribution in [3.8, 4) is 0 Å². The van der Waals surface area contributed by atoms with Gasteiger partial charge in [0.15, 0.2) is 0 Å². The number of rotatable bonds is 2. The van der Waals surface area contributed by atoms with Crippen LogP contribution < -0.4 is 0 Å². The molecule has 0 amide bonds. The molecule has 0 unspecified atom stereocenters. The summed E-state index contributed by atoms with van der Waals surface area (Å²) in [7, 11) is -1.40. The summed E-state index contributed by atoms with van der Waals surface area (Å²) in [6.45, 7) is 12.9. The average Bonchev–Trinajstić information content (AvgIpc) is 1.78. The lowest BCUT2D eigenvalue weighted by Gasteiger charge is -2.21. The Labute approximate surface area is 76.9 Å². The number of aldehydes is 1. The molecule has 70 valence electrons. The standard InChI is InChI=1S/C10H20OSi/c1-10(2,3)7-9(8-11)12(4,5)6/h7-8H,1-6H3/b9-7+. The van der Waals surface area contributed by atoms with E-state index in [1.165, 1.54) is 0 Å². The van der Waals surface area contributed by atoms with Crippen molar-refractivity contribution in [3.05, 3.63) is 11.3 Å². The molecule has 0 bridgehead atoms. The van der Waals surface area contributed by atoms with Gasteiger partial charge >= 0.3 is 0 Å². The van der Waals surface area contributed by atoms with Crippen LogP contribution in [0, 0.1) is 5.41 Å². The lowest BCUT2D eigenvalue weighted by molar-refractivity contribution is -0.104. The lowest BCUT2D eigenvalue weighted by Crippen LogP contribution is -2.26. The second-order valence-corrected chi connectivity index (χ2v) is 10.4. The molecule has 0 heterocycles. The largest absolute Gasteiger partial charge is 0.299 e. The molecule has 0 aromatic heterocycles. The van der Waals surface area contributed by atoms with Crippen LogP contribution in [0.5, 0.6) is 0 Å². The zero-order valence-electron chi connectivity index (χ0n) is 9.06. The van der Waals surface area contributed by atoms with Crippen molar-refractivity contribution in [2.75, 3.05) is 0 Å². The highest BCUT2D eigenvalue weighted by molar-refractivity contribution is 6.86. The Morgan fingerprint density at radius 2 is 1.58 bits per heavy atom. The fraction of sp³-hybridized carbons (Fsp3) is 0.700. The van der Waals surface area contributed by atoms with Gasteiger partial charge in [0, 0.05) is 0 Å². The van der Waals surface area contributed by atoms with Gasteiger partial charge in [0.25, 0.3) is 0 Å². The Bertz CT molecular complexity index is 191. The van der Waals surface area contributed by atoms with E-state index >= 15 is 0 Å². The van der Waals surface area contributed by atoms with Crippen molar-refractivity contribution >= 4 is 14.4 Å². The smallest absolute Gasteiger partial charge is 0.141 e. The van der Waals surface area contributed by atoms with E-state index in [0.717, 1.165) is 11.5 Å². The van der Waals surface area contributed by atoms with Gasteiger partial charge < -0.3 is 0 Å². The Balaban J connectivity index is 4.81. The molecule has 0 aromatic rings. The molecular formula is C10H20OSi. The summed E-state index contributed by atoms with van der Waals surface area (Å²) in [6.07, 6.45) is 3.13. The SMILES string of the molecule is CC(C)(C)/C=C(\C=O)[Si](C)(C)C. The zero-order valence-corrected chi connectivity index (χ0v) is 10.1. The van der Waals surface area contributed by atoms with Gasteiger partial charge in [0.1, 0.15) is 6.29 Å². The molecule has 12 heavy (non-hydrogen) atoms. The van der Waals surface area contributed by atoms with Gasteiger partial charge in [-0.25, -0.2) is 0 Å². The fourth-order valence-corrected chi connectivity index (χ4v) is 2.11. The number of hydrogen-bond donors (Lipinski definition) is 0. The minimum Gasteiger partial charge on any atom is -0.299 e. The van der Waals surface area contributed by atoms with Crippen molar-refractivity contribution in [1.29, 1.82) is 0 Å². The van der Waals surface area contributed by atoms with E-state index in [9.17, 15) is 4.79 Å². The molecule has 0 aliphatic rings. The van der Waals surface area contributed by atoms with E-state index in [4.69, 9.17) is 0 Å². The third kappa shape index (κ3) is 4.49. The van der Waals surface area contributed by atoms with E-state index < -0.39 is 8.07 Å². The van der Waals surface area contributed by atoms with E-state index in [1.54, 1.807) is 0 Å². The molecule has 0 saturated carbocycles. The van der Waals surface area contributed by atoms with Gasteiger partial charge in [-0.2, -0.15) is 0 Å². The molecule has 0 aromatic carbocycles. The topological polar surface area (TPSA) is 17.1 Å². The molecule has 0 N–H and O–H groups in total. The molecule has 0 rings (SSSR count). The first-order valence-corrected chi connectivity index (χ1v) is 7.85. The maximum atomic E-state index is 10.8. The van der Waals surface area contributed by atoms with Crippen LogP contribution in [0.15, 0.2) is 11.3 Å². The first-order valence-electron chi connectivity index (χ1n) is 4.35. The van der Waals surface area contributed by atoms with Crippen LogP contribution in [0.4, 0.5) is 0 Å².